The van der Waals surface area contributed by atoms with Crippen molar-refractivity contribution in [2.75, 3.05) is 6.54 Å². The largest absolute Gasteiger partial charge is 0.497 e. The highest BCUT2D eigenvalue weighted by molar-refractivity contribution is 5.91. The average molecular weight is 336 g/mol. The number of hydrogen-bond donors (Lipinski definition) is 2. The maximum Gasteiger partial charge on any atom is 0.334 e. The van der Waals surface area contributed by atoms with Crippen molar-refractivity contribution in [2.24, 2.45) is 11.8 Å². The molecule has 5 heteroatoms. The summed E-state index contributed by atoms with van der Waals surface area (Å²) in [5.41, 5.74) is 3.98. The quantitative estimate of drug-likeness (QED) is 0.836. The molecule has 0 radical (unpaired) electrons. The predicted molar refractivity (Wildman–Crippen MR) is 94.6 cm³/mol. The molecular weight excluding hydrogens is 316 g/mol. The molecule has 0 bridgehead atoms. The number of hydrogen-bond acceptors (Lipinski definition) is 3. The molecule has 4 unspecified atom stereocenters. The van der Waals surface area contributed by atoms with Crippen LogP contribution in [-0.2, 0) is 9.53 Å². The van der Waals surface area contributed by atoms with Gasteiger partial charge in [0, 0.05) is 46.7 Å². The van der Waals surface area contributed by atoms with Crippen LogP contribution in [0.1, 0.15) is 30.6 Å². The van der Waals surface area contributed by atoms with E-state index in [-0.39, 0.29) is 24.0 Å². The van der Waals surface area contributed by atoms with Gasteiger partial charge in [-0.15, -0.1) is 0 Å². The fourth-order valence-electron chi connectivity index (χ4n) is 4.71. The Morgan fingerprint density at radius 3 is 3.04 bits per heavy atom. The van der Waals surface area contributed by atoms with Gasteiger partial charge in [0.05, 0.1) is 17.9 Å². The number of fused-ring (bicyclic) bond motifs is 6. The molecule has 0 spiro atoms. The van der Waals surface area contributed by atoms with Crippen molar-refractivity contribution in [1.29, 1.82) is 0 Å². The number of nitrogens with one attached hydrogen (secondary N) is 1. The number of aliphatic carboxylic acids is 1. The van der Waals surface area contributed by atoms with Crippen molar-refractivity contribution in [3.63, 3.8) is 0 Å². The van der Waals surface area contributed by atoms with E-state index < -0.39 is 5.97 Å². The van der Waals surface area contributed by atoms with Gasteiger partial charge in [0.1, 0.15) is 6.10 Å². The van der Waals surface area contributed by atoms with E-state index >= 15 is 0 Å². The average Bonchev–Trinajstić information content (AvgIpc) is 3.00. The molecule has 4 heterocycles. The summed E-state index contributed by atoms with van der Waals surface area (Å²) in [6.45, 7) is 2.85. The van der Waals surface area contributed by atoms with Gasteiger partial charge < -0.3 is 19.7 Å². The van der Waals surface area contributed by atoms with Crippen LogP contribution in [0.5, 0.6) is 0 Å². The number of nitrogens with zero attached hydrogens (tertiary/aromatic N) is 1. The summed E-state index contributed by atoms with van der Waals surface area (Å²) in [7, 11) is 0. The van der Waals surface area contributed by atoms with Gasteiger partial charge in [-0.05, 0) is 25.5 Å². The SMILES string of the molecule is CC1OC=C(C(=O)O)C2CC3c4[nH]c5ccccc5c4C=CN3CC12. The summed E-state index contributed by atoms with van der Waals surface area (Å²) in [5.74, 6) is -0.644. The van der Waals surface area contributed by atoms with E-state index in [0.29, 0.717) is 5.57 Å². The monoisotopic (exact) mass is 336 g/mol. The first-order chi connectivity index (χ1) is 12.1. The van der Waals surface area contributed by atoms with E-state index in [4.69, 9.17) is 4.74 Å². The number of aromatic nitrogens is 1. The topological polar surface area (TPSA) is 65.6 Å². The maximum atomic E-state index is 11.7. The number of ether oxygens (including phenoxy) is 1. The molecule has 4 atom stereocenters. The van der Waals surface area contributed by atoms with Crippen LogP contribution in [0.3, 0.4) is 0 Å². The Balaban J connectivity index is 1.59. The Morgan fingerprint density at radius 1 is 1.36 bits per heavy atom. The van der Waals surface area contributed by atoms with Crippen LogP contribution in [0.4, 0.5) is 0 Å². The molecule has 1 fully saturated rings. The summed E-state index contributed by atoms with van der Waals surface area (Å²) in [4.78, 5) is 17.6. The number of carbonyl (C=O) groups is 1. The van der Waals surface area contributed by atoms with Crippen molar-refractivity contribution in [3.05, 3.63) is 53.6 Å². The Morgan fingerprint density at radius 2 is 2.20 bits per heavy atom. The molecule has 2 aromatic rings. The van der Waals surface area contributed by atoms with Crippen LogP contribution in [-0.4, -0.2) is 33.6 Å². The van der Waals surface area contributed by atoms with E-state index in [1.807, 2.05) is 13.0 Å². The molecule has 3 aliphatic rings. The number of para-hydroxylation sites is 1. The molecule has 1 aromatic carbocycles. The Bertz CT molecular complexity index is 926. The third-order valence-corrected chi connectivity index (χ3v) is 6.02. The number of carboxylic acids is 1. The van der Waals surface area contributed by atoms with Crippen molar-refractivity contribution in [1.82, 2.24) is 9.88 Å². The number of benzene rings is 1. The van der Waals surface area contributed by atoms with Crippen molar-refractivity contribution >= 4 is 22.9 Å². The molecule has 3 aliphatic heterocycles. The molecular formula is C20H20N2O3. The number of piperidine rings is 1. The number of carboxylic acid groups (broad SMARTS) is 1. The number of H-pyrrole nitrogens is 1. The van der Waals surface area contributed by atoms with Gasteiger partial charge in [0.25, 0.3) is 0 Å². The minimum Gasteiger partial charge on any atom is -0.497 e. The standard InChI is InChI=1S/C20H20N2O3/c1-11-15-9-22-7-6-13-12-4-2-3-5-17(12)21-19(13)18(22)8-14(15)16(10-25-11)20(23)24/h2-7,10-11,14-15,18,21H,8-9H2,1H3,(H,23,24). The highest BCUT2D eigenvalue weighted by Gasteiger charge is 2.45. The van der Waals surface area contributed by atoms with Crippen LogP contribution < -0.4 is 0 Å². The summed E-state index contributed by atoms with van der Waals surface area (Å²) < 4.78 is 5.62. The van der Waals surface area contributed by atoms with Gasteiger partial charge >= 0.3 is 5.97 Å². The van der Waals surface area contributed by atoms with Crippen LogP contribution >= 0.6 is 0 Å². The Hall–Kier alpha value is -2.69. The lowest BCUT2D eigenvalue weighted by Gasteiger charge is -2.48. The zero-order chi connectivity index (χ0) is 17.1. The molecule has 0 aliphatic carbocycles. The zero-order valence-corrected chi connectivity index (χ0v) is 14.0. The fourth-order valence-corrected chi connectivity index (χ4v) is 4.71. The Labute approximate surface area is 145 Å². The molecule has 5 rings (SSSR count). The van der Waals surface area contributed by atoms with E-state index in [1.54, 1.807) is 0 Å². The third kappa shape index (κ3) is 2.05. The van der Waals surface area contributed by atoms with Gasteiger partial charge in [-0.1, -0.05) is 18.2 Å². The van der Waals surface area contributed by atoms with Gasteiger partial charge in [-0.2, -0.15) is 0 Å². The highest BCUT2D eigenvalue weighted by Crippen LogP contribution is 2.47. The molecule has 1 aromatic heterocycles. The molecule has 1 saturated heterocycles. The van der Waals surface area contributed by atoms with Gasteiger partial charge in [0.2, 0.25) is 0 Å². The van der Waals surface area contributed by atoms with E-state index in [9.17, 15) is 9.90 Å². The number of rotatable bonds is 1. The zero-order valence-electron chi connectivity index (χ0n) is 14.0. The van der Waals surface area contributed by atoms with Crippen LogP contribution in [0, 0.1) is 11.8 Å². The second-order valence-electron chi connectivity index (χ2n) is 7.25. The first-order valence-corrected chi connectivity index (χ1v) is 8.77. The molecule has 0 saturated carbocycles. The normalized spacial score (nSPS) is 30.1. The molecule has 5 nitrogen and oxygen atoms in total. The minimum atomic E-state index is -0.862. The summed E-state index contributed by atoms with van der Waals surface area (Å²) in [6.07, 6.45) is 6.63. The van der Waals surface area contributed by atoms with Gasteiger partial charge in [-0.25, -0.2) is 4.79 Å². The molecule has 128 valence electrons. The van der Waals surface area contributed by atoms with E-state index in [2.05, 4.69) is 40.4 Å². The second-order valence-corrected chi connectivity index (χ2v) is 7.25. The maximum absolute atomic E-state index is 11.7. The molecule has 0 amide bonds. The van der Waals surface area contributed by atoms with Crippen molar-refractivity contribution in [3.8, 4) is 0 Å². The number of aromatic amines is 1. The first-order valence-electron chi connectivity index (χ1n) is 8.77. The predicted octanol–water partition coefficient (Wildman–Crippen LogP) is 3.52. The smallest absolute Gasteiger partial charge is 0.334 e. The lowest BCUT2D eigenvalue weighted by molar-refractivity contribution is -0.135. The Kier molecular flexibility index (Phi) is 3.02. The van der Waals surface area contributed by atoms with Gasteiger partial charge in [0.15, 0.2) is 0 Å². The second kappa shape index (κ2) is 5.15. The van der Waals surface area contributed by atoms with E-state index in [1.165, 1.54) is 22.9 Å². The summed E-state index contributed by atoms with van der Waals surface area (Å²) in [5, 5.41) is 10.8. The minimum absolute atomic E-state index is 0.0215. The van der Waals surface area contributed by atoms with Crippen LogP contribution in [0.25, 0.3) is 17.0 Å². The van der Waals surface area contributed by atoms with Crippen LogP contribution in [0.2, 0.25) is 0 Å². The van der Waals surface area contributed by atoms with Crippen molar-refractivity contribution < 1.29 is 14.6 Å². The lowest BCUT2D eigenvalue weighted by atomic mass is 9.73. The molecule has 2 N–H and O–H groups in total. The summed E-state index contributed by atoms with van der Waals surface area (Å²) in [6, 6.07) is 8.50. The van der Waals surface area contributed by atoms with Gasteiger partial charge in [-0.3, -0.25) is 0 Å². The molecule has 25 heavy (non-hydrogen) atoms. The first kappa shape index (κ1) is 14.6. The fraction of sp³-hybridized carbons (Fsp3) is 0.350. The third-order valence-electron chi connectivity index (χ3n) is 6.02. The highest BCUT2D eigenvalue weighted by atomic mass is 16.5. The lowest BCUT2D eigenvalue weighted by Crippen LogP contribution is -2.48. The summed E-state index contributed by atoms with van der Waals surface area (Å²) >= 11 is 0. The van der Waals surface area contributed by atoms with E-state index in [0.717, 1.165) is 18.5 Å². The van der Waals surface area contributed by atoms with Crippen molar-refractivity contribution in [2.45, 2.75) is 25.5 Å². The van der Waals surface area contributed by atoms with Crippen LogP contribution in [0.15, 0.2) is 42.3 Å².